The second-order valence-electron chi connectivity index (χ2n) is 4.99. The van der Waals surface area contributed by atoms with Crippen molar-refractivity contribution in [2.24, 2.45) is 0 Å². The van der Waals surface area contributed by atoms with Gasteiger partial charge in [0.25, 0.3) is 0 Å². The Morgan fingerprint density at radius 2 is 2.04 bits per heavy atom. The molecule has 1 rings (SSSR count). The van der Waals surface area contributed by atoms with Crippen LogP contribution in [-0.4, -0.2) is 38.6 Å². The molecule has 0 saturated heterocycles. The summed E-state index contributed by atoms with van der Waals surface area (Å²) in [5.74, 6) is 0. The molecular formula is C17H24N2O4. The van der Waals surface area contributed by atoms with Crippen molar-refractivity contribution < 1.29 is 19.0 Å². The normalized spacial score (nSPS) is 12.9. The first-order valence-electron chi connectivity index (χ1n) is 7.68. The Labute approximate surface area is 137 Å². The van der Waals surface area contributed by atoms with Crippen LogP contribution in [0.25, 0.3) is 0 Å². The standard InChI is InChI=1S/C17H24N2O4/c1-3-19-17(20)23-15(11-18)9-10-16(21-2)13-22-12-14-7-5-4-6-8-14/h4-8,15-16H,3,9-10,12-13H2,1-2H3,(H,19,20)/t15?,16-/m0/s1. The summed E-state index contributed by atoms with van der Waals surface area (Å²) >= 11 is 0. The molecule has 2 atom stereocenters. The molecule has 1 N–H and O–H groups in total. The Hall–Kier alpha value is -2.10. The first kappa shape index (κ1) is 18.9. The zero-order chi connectivity index (χ0) is 16.9. The van der Waals surface area contributed by atoms with Crippen LogP contribution in [0.3, 0.4) is 0 Å². The average Bonchev–Trinajstić information content (AvgIpc) is 2.57. The molecule has 0 aliphatic heterocycles. The highest BCUT2D eigenvalue weighted by Crippen LogP contribution is 2.09. The number of ether oxygens (including phenoxy) is 3. The van der Waals surface area contributed by atoms with Gasteiger partial charge in [0.2, 0.25) is 0 Å². The lowest BCUT2D eigenvalue weighted by Gasteiger charge is -2.17. The molecule has 0 radical (unpaired) electrons. The number of hydrogen-bond acceptors (Lipinski definition) is 5. The maximum Gasteiger partial charge on any atom is 0.408 e. The summed E-state index contributed by atoms with van der Waals surface area (Å²) < 4.78 is 16.0. The first-order chi connectivity index (χ1) is 11.2. The van der Waals surface area contributed by atoms with Crippen LogP contribution >= 0.6 is 0 Å². The largest absolute Gasteiger partial charge is 0.431 e. The van der Waals surface area contributed by atoms with E-state index < -0.39 is 12.2 Å². The predicted molar refractivity (Wildman–Crippen MR) is 85.7 cm³/mol. The third-order valence-electron chi connectivity index (χ3n) is 3.21. The number of nitrogens with zero attached hydrogens (tertiary/aromatic N) is 1. The minimum atomic E-state index is -0.784. The van der Waals surface area contributed by atoms with E-state index in [9.17, 15) is 4.79 Å². The molecular weight excluding hydrogens is 296 g/mol. The van der Waals surface area contributed by atoms with Crippen LogP contribution in [0.5, 0.6) is 0 Å². The Bertz CT molecular complexity index is 487. The third kappa shape index (κ3) is 8.19. The third-order valence-corrected chi connectivity index (χ3v) is 3.21. The van der Waals surface area contributed by atoms with E-state index in [1.807, 2.05) is 36.4 Å². The highest BCUT2D eigenvalue weighted by atomic mass is 16.6. The van der Waals surface area contributed by atoms with E-state index in [0.717, 1.165) is 5.56 Å². The van der Waals surface area contributed by atoms with Crippen LogP contribution in [0, 0.1) is 11.3 Å². The summed E-state index contributed by atoms with van der Waals surface area (Å²) in [6.45, 7) is 3.18. The van der Waals surface area contributed by atoms with E-state index >= 15 is 0 Å². The van der Waals surface area contributed by atoms with Crippen molar-refractivity contribution in [3.8, 4) is 6.07 Å². The maximum absolute atomic E-state index is 11.3. The molecule has 1 aromatic rings. The van der Waals surface area contributed by atoms with Crippen molar-refractivity contribution in [2.75, 3.05) is 20.3 Å². The van der Waals surface area contributed by atoms with Gasteiger partial charge in [0.1, 0.15) is 6.07 Å². The second kappa shape index (κ2) is 11.5. The Morgan fingerprint density at radius 1 is 1.30 bits per heavy atom. The number of nitriles is 1. The molecule has 0 bridgehead atoms. The van der Waals surface area contributed by atoms with Crippen LogP contribution in [0.2, 0.25) is 0 Å². The first-order valence-corrected chi connectivity index (χ1v) is 7.68. The van der Waals surface area contributed by atoms with Gasteiger partial charge in [-0.2, -0.15) is 5.26 Å². The fraction of sp³-hybridized carbons (Fsp3) is 0.529. The topological polar surface area (TPSA) is 80.6 Å². The van der Waals surface area contributed by atoms with Gasteiger partial charge in [-0.3, -0.25) is 0 Å². The fourth-order valence-corrected chi connectivity index (χ4v) is 1.95. The zero-order valence-electron chi connectivity index (χ0n) is 13.7. The van der Waals surface area contributed by atoms with Gasteiger partial charge in [-0.05, 0) is 18.9 Å². The molecule has 126 valence electrons. The van der Waals surface area contributed by atoms with Gasteiger partial charge in [-0.1, -0.05) is 30.3 Å². The Kier molecular flexibility index (Phi) is 9.45. The fourth-order valence-electron chi connectivity index (χ4n) is 1.95. The van der Waals surface area contributed by atoms with Crippen LogP contribution in [0.4, 0.5) is 4.79 Å². The van der Waals surface area contributed by atoms with Crippen LogP contribution < -0.4 is 5.32 Å². The molecule has 0 aliphatic rings. The molecule has 1 amide bonds. The van der Waals surface area contributed by atoms with Crippen LogP contribution in [0.15, 0.2) is 30.3 Å². The molecule has 6 heteroatoms. The number of carbonyl (C=O) groups is 1. The molecule has 0 saturated carbocycles. The van der Waals surface area contributed by atoms with Crippen molar-refractivity contribution in [1.29, 1.82) is 5.26 Å². The number of nitrogens with one attached hydrogen (secondary N) is 1. The number of methoxy groups -OCH3 is 1. The lowest BCUT2D eigenvalue weighted by atomic mass is 10.1. The van der Waals surface area contributed by atoms with Gasteiger partial charge in [-0.15, -0.1) is 0 Å². The summed E-state index contributed by atoms with van der Waals surface area (Å²) in [6, 6.07) is 11.8. The number of hydrogen-bond donors (Lipinski definition) is 1. The minimum absolute atomic E-state index is 0.146. The van der Waals surface area contributed by atoms with Crippen LogP contribution in [0.1, 0.15) is 25.3 Å². The molecule has 0 spiro atoms. The van der Waals surface area contributed by atoms with Crippen molar-refractivity contribution in [1.82, 2.24) is 5.32 Å². The SMILES string of the molecule is CCNC(=O)OC(C#N)CC[C@@H](COCc1ccccc1)OC. The summed E-state index contributed by atoms with van der Waals surface area (Å²) in [5.41, 5.74) is 1.09. The molecule has 0 fully saturated rings. The summed E-state index contributed by atoms with van der Waals surface area (Å²) in [7, 11) is 1.60. The molecule has 1 aromatic carbocycles. The summed E-state index contributed by atoms with van der Waals surface area (Å²) in [5, 5.41) is 11.5. The van der Waals surface area contributed by atoms with Gasteiger partial charge in [-0.25, -0.2) is 4.79 Å². The van der Waals surface area contributed by atoms with E-state index in [0.29, 0.717) is 32.6 Å². The molecule has 0 aliphatic carbocycles. The monoisotopic (exact) mass is 320 g/mol. The van der Waals surface area contributed by atoms with E-state index in [1.165, 1.54) is 0 Å². The van der Waals surface area contributed by atoms with Crippen molar-refractivity contribution in [3.63, 3.8) is 0 Å². The number of alkyl carbamates (subject to hydrolysis) is 1. The van der Waals surface area contributed by atoms with Gasteiger partial charge in [0, 0.05) is 20.1 Å². The van der Waals surface area contributed by atoms with Gasteiger partial charge >= 0.3 is 6.09 Å². The number of benzene rings is 1. The zero-order valence-corrected chi connectivity index (χ0v) is 13.7. The van der Waals surface area contributed by atoms with E-state index in [4.69, 9.17) is 19.5 Å². The number of rotatable bonds is 10. The molecule has 1 unspecified atom stereocenters. The quantitative estimate of drug-likeness (QED) is 0.717. The average molecular weight is 320 g/mol. The summed E-state index contributed by atoms with van der Waals surface area (Å²) in [4.78, 5) is 11.3. The molecule has 0 aromatic heterocycles. The van der Waals surface area contributed by atoms with E-state index in [-0.39, 0.29) is 6.10 Å². The maximum atomic E-state index is 11.3. The molecule has 23 heavy (non-hydrogen) atoms. The van der Waals surface area contributed by atoms with E-state index in [1.54, 1.807) is 14.0 Å². The Balaban J connectivity index is 2.29. The smallest absolute Gasteiger partial charge is 0.408 e. The molecule has 0 heterocycles. The highest BCUT2D eigenvalue weighted by Gasteiger charge is 2.16. The second-order valence-corrected chi connectivity index (χ2v) is 4.99. The van der Waals surface area contributed by atoms with Gasteiger partial charge in [0.15, 0.2) is 6.10 Å². The molecule has 6 nitrogen and oxygen atoms in total. The lowest BCUT2D eigenvalue weighted by Crippen LogP contribution is -2.29. The van der Waals surface area contributed by atoms with Crippen molar-refractivity contribution >= 4 is 6.09 Å². The predicted octanol–water partition coefficient (Wildman–Crippen LogP) is 2.64. The number of carbonyl (C=O) groups excluding carboxylic acids is 1. The Morgan fingerprint density at radius 3 is 2.65 bits per heavy atom. The van der Waals surface area contributed by atoms with Crippen LogP contribution in [-0.2, 0) is 20.8 Å². The van der Waals surface area contributed by atoms with Gasteiger partial charge in [0.05, 0.1) is 19.3 Å². The van der Waals surface area contributed by atoms with E-state index in [2.05, 4.69) is 5.32 Å². The highest BCUT2D eigenvalue weighted by molar-refractivity contribution is 5.67. The number of amides is 1. The minimum Gasteiger partial charge on any atom is -0.431 e. The summed E-state index contributed by atoms with van der Waals surface area (Å²) in [6.07, 6.45) is -0.530. The van der Waals surface area contributed by atoms with Crippen molar-refractivity contribution in [2.45, 2.75) is 38.6 Å². The lowest BCUT2D eigenvalue weighted by molar-refractivity contribution is -0.00716. The van der Waals surface area contributed by atoms with Gasteiger partial charge < -0.3 is 19.5 Å². The van der Waals surface area contributed by atoms with Crippen molar-refractivity contribution in [3.05, 3.63) is 35.9 Å².